The van der Waals surface area contributed by atoms with E-state index in [1.165, 1.54) is 0 Å². The number of hydrogen-bond donors (Lipinski definition) is 0. The average Bonchev–Trinajstić information content (AvgIpc) is 2.71. The summed E-state index contributed by atoms with van der Waals surface area (Å²) in [5, 5.41) is 0. The Balaban J connectivity index is 1.84. The third-order valence-corrected chi connectivity index (χ3v) is 5.46. The average molecular weight is 384 g/mol. The van der Waals surface area contributed by atoms with Gasteiger partial charge in [-0.3, -0.25) is 14.5 Å². The Bertz CT molecular complexity index is 1040. The fourth-order valence-corrected chi connectivity index (χ4v) is 4.04. The molecule has 0 saturated carbocycles. The number of carbonyl (C=O) groups is 2. The summed E-state index contributed by atoms with van der Waals surface area (Å²) >= 11 is 0. The van der Waals surface area contributed by atoms with Crippen LogP contribution in [0.15, 0.2) is 72.8 Å². The second-order valence-electron chi connectivity index (χ2n) is 7.58. The molecule has 146 valence electrons. The predicted molar refractivity (Wildman–Crippen MR) is 116 cm³/mol. The Hall–Kier alpha value is -3.40. The number of para-hydroxylation sites is 1. The largest absolute Gasteiger partial charge is 0.300 e. The first-order valence-electron chi connectivity index (χ1n) is 9.78. The number of rotatable bonds is 3. The molecule has 3 aromatic rings. The van der Waals surface area contributed by atoms with Crippen molar-refractivity contribution in [2.24, 2.45) is 0 Å². The fourth-order valence-electron chi connectivity index (χ4n) is 4.04. The number of nitrogens with zero attached hydrogens (tertiary/aromatic N) is 2. The zero-order valence-electron chi connectivity index (χ0n) is 16.9. The standard InChI is InChI=1S/C25H24N2O2/c1-17-12-14-21(15-13-17)27-22(28)16-26(23-18(2)8-7-9-19(23)3)25(29)24(27)20-10-5-4-6-11-20/h4-15,24H,16H2,1-3H3. The molecule has 1 saturated heterocycles. The topological polar surface area (TPSA) is 40.6 Å². The summed E-state index contributed by atoms with van der Waals surface area (Å²) in [6, 6.07) is 22.5. The van der Waals surface area contributed by atoms with Crippen molar-refractivity contribution in [2.45, 2.75) is 26.8 Å². The molecule has 0 bridgehead atoms. The molecular weight excluding hydrogens is 360 g/mol. The number of aryl methyl sites for hydroxylation is 3. The van der Waals surface area contributed by atoms with Crippen molar-refractivity contribution in [1.82, 2.24) is 0 Å². The number of benzene rings is 3. The zero-order valence-corrected chi connectivity index (χ0v) is 16.9. The Morgan fingerprint density at radius 2 is 1.38 bits per heavy atom. The van der Waals surface area contributed by atoms with Gasteiger partial charge in [-0.2, -0.15) is 0 Å². The summed E-state index contributed by atoms with van der Waals surface area (Å²) in [5.41, 5.74) is 5.46. The predicted octanol–water partition coefficient (Wildman–Crippen LogP) is 4.73. The third-order valence-electron chi connectivity index (χ3n) is 5.46. The molecule has 4 heteroatoms. The van der Waals surface area contributed by atoms with Gasteiger partial charge in [-0.25, -0.2) is 0 Å². The van der Waals surface area contributed by atoms with E-state index in [4.69, 9.17) is 0 Å². The highest BCUT2D eigenvalue weighted by Crippen LogP contribution is 2.36. The zero-order chi connectivity index (χ0) is 20.5. The molecule has 4 nitrogen and oxygen atoms in total. The highest BCUT2D eigenvalue weighted by Gasteiger charge is 2.42. The van der Waals surface area contributed by atoms with Crippen molar-refractivity contribution in [3.63, 3.8) is 0 Å². The molecule has 4 rings (SSSR count). The number of piperazine rings is 1. The molecule has 1 aliphatic heterocycles. The SMILES string of the molecule is Cc1ccc(N2C(=O)CN(c3c(C)cccc3C)C(=O)C2c2ccccc2)cc1. The van der Waals surface area contributed by atoms with Gasteiger partial charge >= 0.3 is 0 Å². The molecule has 0 radical (unpaired) electrons. The molecule has 1 atom stereocenters. The Kier molecular flexibility index (Phi) is 4.93. The fraction of sp³-hybridized carbons (Fsp3) is 0.200. The molecule has 1 unspecified atom stereocenters. The Labute approximate surface area is 171 Å². The van der Waals surface area contributed by atoms with Crippen LogP contribution in [0.4, 0.5) is 11.4 Å². The van der Waals surface area contributed by atoms with Crippen molar-refractivity contribution >= 4 is 23.2 Å². The lowest BCUT2D eigenvalue weighted by Gasteiger charge is -2.41. The van der Waals surface area contributed by atoms with E-state index in [2.05, 4.69) is 0 Å². The summed E-state index contributed by atoms with van der Waals surface area (Å²) in [6.45, 7) is 5.99. The van der Waals surface area contributed by atoms with Crippen molar-refractivity contribution < 1.29 is 9.59 Å². The van der Waals surface area contributed by atoms with E-state index in [9.17, 15) is 9.59 Å². The number of anilines is 2. The lowest BCUT2D eigenvalue weighted by atomic mass is 9.98. The van der Waals surface area contributed by atoms with Crippen molar-refractivity contribution in [3.05, 3.63) is 95.1 Å². The van der Waals surface area contributed by atoms with Crippen LogP contribution in [0.2, 0.25) is 0 Å². The Morgan fingerprint density at radius 3 is 2.00 bits per heavy atom. The molecule has 29 heavy (non-hydrogen) atoms. The summed E-state index contributed by atoms with van der Waals surface area (Å²) in [6.07, 6.45) is 0. The van der Waals surface area contributed by atoms with Crippen LogP contribution in [-0.4, -0.2) is 18.4 Å². The van der Waals surface area contributed by atoms with Gasteiger partial charge < -0.3 is 4.90 Å². The maximum atomic E-state index is 13.8. The van der Waals surface area contributed by atoms with Crippen LogP contribution in [0, 0.1) is 20.8 Å². The molecule has 0 aliphatic carbocycles. The first kappa shape index (κ1) is 18.9. The summed E-state index contributed by atoms with van der Waals surface area (Å²) in [5.74, 6) is -0.182. The molecule has 3 aromatic carbocycles. The van der Waals surface area contributed by atoms with Gasteiger partial charge in [-0.15, -0.1) is 0 Å². The van der Waals surface area contributed by atoms with Gasteiger partial charge in [0.1, 0.15) is 12.6 Å². The smallest absolute Gasteiger partial charge is 0.255 e. The van der Waals surface area contributed by atoms with E-state index < -0.39 is 6.04 Å². The molecular formula is C25H24N2O2. The van der Waals surface area contributed by atoms with Gasteiger partial charge in [0.2, 0.25) is 5.91 Å². The van der Waals surface area contributed by atoms with Gasteiger partial charge in [0.15, 0.2) is 0 Å². The van der Waals surface area contributed by atoms with Crippen LogP contribution in [-0.2, 0) is 9.59 Å². The van der Waals surface area contributed by atoms with Gasteiger partial charge in [0.25, 0.3) is 5.91 Å². The normalized spacial score (nSPS) is 17.0. The minimum absolute atomic E-state index is 0.0295. The molecule has 0 spiro atoms. The van der Waals surface area contributed by atoms with E-state index in [1.54, 1.807) is 9.80 Å². The monoisotopic (exact) mass is 384 g/mol. The van der Waals surface area contributed by atoms with Crippen LogP contribution < -0.4 is 9.80 Å². The van der Waals surface area contributed by atoms with Gasteiger partial charge in [-0.1, -0.05) is 66.2 Å². The third kappa shape index (κ3) is 3.42. The maximum Gasteiger partial charge on any atom is 0.255 e. The lowest BCUT2D eigenvalue weighted by molar-refractivity contribution is -0.128. The van der Waals surface area contributed by atoms with E-state index in [0.29, 0.717) is 0 Å². The van der Waals surface area contributed by atoms with Crippen LogP contribution >= 0.6 is 0 Å². The van der Waals surface area contributed by atoms with Gasteiger partial charge in [0, 0.05) is 5.69 Å². The van der Waals surface area contributed by atoms with Crippen molar-refractivity contribution in [1.29, 1.82) is 0 Å². The molecule has 0 aromatic heterocycles. The second kappa shape index (κ2) is 7.55. The number of hydrogen-bond acceptors (Lipinski definition) is 2. The molecule has 1 aliphatic rings. The quantitative estimate of drug-likeness (QED) is 0.655. The van der Waals surface area contributed by atoms with Gasteiger partial charge in [0.05, 0.1) is 5.69 Å². The second-order valence-corrected chi connectivity index (χ2v) is 7.58. The minimum atomic E-state index is -0.695. The number of carbonyl (C=O) groups excluding carboxylic acids is 2. The van der Waals surface area contributed by atoms with Crippen molar-refractivity contribution in [3.8, 4) is 0 Å². The molecule has 0 N–H and O–H groups in total. The van der Waals surface area contributed by atoms with Gasteiger partial charge in [-0.05, 0) is 49.6 Å². The van der Waals surface area contributed by atoms with E-state index in [0.717, 1.165) is 33.6 Å². The van der Waals surface area contributed by atoms with Crippen LogP contribution in [0.1, 0.15) is 28.3 Å². The number of amides is 2. The summed E-state index contributed by atoms with van der Waals surface area (Å²) in [7, 11) is 0. The highest BCUT2D eigenvalue weighted by atomic mass is 16.2. The van der Waals surface area contributed by atoms with Crippen molar-refractivity contribution in [2.75, 3.05) is 16.3 Å². The highest BCUT2D eigenvalue weighted by molar-refractivity contribution is 6.15. The lowest BCUT2D eigenvalue weighted by Crippen LogP contribution is -2.56. The van der Waals surface area contributed by atoms with E-state index in [1.807, 2.05) is 93.6 Å². The molecule has 1 heterocycles. The maximum absolute atomic E-state index is 13.8. The minimum Gasteiger partial charge on any atom is -0.300 e. The first-order valence-corrected chi connectivity index (χ1v) is 9.78. The first-order chi connectivity index (χ1) is 14.0. The van der Waals surface area contributed by atoms with Crippen LogP contribution in [0.3, 0.4) is 0 Å². The van der Waals surface area contributed by atoms with Crippen LogP contribution in [0.5, 0.6) is 0 Å². The van der Waals surface area contributed by atoms with E-state index >= 15 is 0 Å². The Morgan fingerprint density at radius 1 is 0.759 bits per heavy atom. The summed E-state index contributed by atoms with van der Waals surface area (Å²) in [4.78, 5) is 30.4. The van der Waals surface area contributed by atoms with E-state index in [-0.39, 0.29) is 18.4 Å². The van der Waals surface area contributed by atoms with Crippen LogP contribution in [0.25, 0.3) is 0 Å². The molecule has 2 amide bonds. The molecule has 1 fully saturated rings. The summed E-state index contributed by atoms with van der Waals surface area (Å²) < 4.78 is 0.